The fourth-order valence-corrected chi connectivity index (χ4v) is 5.10. The minimum Gasteiger partial charge on any atom is -0.463 e. The first-order chi connectivity index (χ1) is 19.9. The van der Waals surface area contributed by atoms with Gasteiger partial charge >= 0.3 is 11.9 Å². The van der Waals surface area contributed by atoms with Crippen LogP contribution in [0.5, 0.6) is 0 Å². The Kier molecular flexibility index (Phi) is 24.1. The molecule has 0 aromatic heterocycles. The van der Waals surface area contributed by atoms with Gasteiger partial charge in [-0.2, -0.15) is 0 Å². The number of aliphatic hydroxyl groups excluding tert-OH is 1. The second-order valence-electron chi connectivity index (χ2n) is 12.5. The van der Waals surface area contributed by atoms with Crippen LogP contribution in [0.15, 0.2) is 12.2 Å². The highest BCUT2D eigenvalue weighted by Crippen LogP contribution is 2.30. The number of carbonyl (C=O) groups excluding carboxylic acids is 2. The molecule has 0 aromatic carbocycles. The number of hydrogen-bond donors (Lipinski definition) is 1. The zero-order valence-electron chi connectivity index (χ0n) is 26.9. The molecule has 0 radical (unpaired) electrons. The number of rotatable bonds is 29. The van der Waals surface area contributed by atoms with E-state index in [1.54, 1.807) is 0 Å². The number of aliphatic hydroxyl groups is 1. The van der Waals surface area contributed by atoms with Gasteiger partial charge in [-0.05, 0) is 44.4 Å². The van der Waals surface area contributed by atoms with E-state index in [1.807, 2.05) is 0 Å². The van der Waals surface area contributed by atoms with Gasteiger partial charge in [0, 0.05) is 12.8 Å². The summed E-state index contributed by atoms with van der Waals surface area (Å²) in [4.78, 5) is 23.8. The van der Waals surface area contributed by atoms with Crippen molar-refractivity contribution in [1.82, 2.24) is 0 Å². The van der Waals surface area contributed by atoms with Crippen LogP contribution >= 0.6 is 0 Å². The normalized spacial score (nSPS) is 17.3. The third-order valence-corrected chi connectivity index (χ3v) is 7.85. The van der Waals surface area contributed by atoms with Crippen LogP contribution in [0.1, 0.15) is 162 Å². The quantitative estimate of drug-likeness (QED) is 0.0411. The maximum Gasteiger partial charge on any atom is 0.305 e. The van der Waals surface area contributed by atoms with Crippen LogP contribution in [0.3, 0.4) is 0 Å². The number of epoxide rings is 1. The lowest BCUT2D eigenvalue weighted by Crippen LogP contribution is -2.25. The van der Waals surface area contributed by atoms with Crippen LogP contribution in [0.25, 0.3) is 0 Å². The van der Waals surface area contributed by atoms with Crippen LogP contribution in [0.4, 0.5) is 0 Å². The van der Waals surface area contributed by atoms with Crippen molar-refractivity contribution in [1.29, 1.82) is 0 Å². The first kappa shape index (κ1) is 37.6. The summed E-state index contributed by atoms with van der Waals surface area (Å²) in [5.74, 6) is 0.218. The summed E-state index contributed by atoms with van der Waals surface area (Å²) >= 11 is 0. The number of allylic oxidation sites excluding steroid dienone is 1. The smallest absolute Gasteiger partial charge is 0.305 e. The van der Waals surface area contributed by atoms with Gasteiger partial charge in [-0.1, -0.05) is 123 Å². The van der Waals surface area contributed by atoms with Crippen molar-refractivity contribution in [2.24, 2.45) is 5.92 Å². The van der Waals surface area contributed by atoms with E-state index < -0.39 is 6.10 Å². The molecule has 1 aliphatic rings. The largest absolute Gasteiger partial charge is 0.463 e. The van der Waals surface area contributed by atoms with E-state index in [-0.39, 0.29) is 25.2 Å². The van der Waals surface area contributed by atoms with Crippen molar-refractivity contribution in [2.45, 2.75) is 180 Å². The average molecular weight is 581 g/mol. The van der Waals surface area contributed by atoms with Crippen LogP contribution in [0.2, 0.25) is 0 Å². The molecule has 0 spiro atoms. The summed E-state index contributed by atoms with van der Waals surface area (Å²) in [5.41, 5.74) is 0. The molecule has 1 saturated heterocycles. The molecule has 1 fully saturated rings. The molecule has 1 N–H and O–H groups in total. The Morgan fingerprint density at radius 3 is 1.80 bits per heavy atom. The highest BCUT2D eigenvalue weighted by molar-refractivity contribution is 5.69. The lowest BCUT2D eigenvalue weighted by Gasteiger charge is -2.12. The lowest BCUT2D eigenvalue weighted by atomic mass is 10.0. The summed E-state index contributed by atoms with van der Waals surface area (Å²) in [7, 11) is 0. The third kappa shape index (κ3) is 24.9. The highest BCUT2D eigenvalue weighted by Gasteiger charge is 2.36. The summed E-state index contributed by atoms with van der Waals surface area (Å²) in [6.45, 7) is 6.54. The highest BCUT2D eigenvalue weighted by atomic mass is 16.6. The second-order valence-corrected chi connectivity index (χ2v) is 12.5. The van der Waals surface area contributed by atoms with Gasteiger partial charge < -0.3 is 19.3 Å². The molecule has 41 heavy (non-hydrogen) atoms. The van der Waals surface area contributed by atoms with Crippen LogP contribution in [-0.4, -0.2) is 48.6 Å². The fourth-order valence-electron chi connectivity index (χ4n) is 5.10. The Morgan fingerprint density at radius 1 is 0.707 bits per heavy atom. The molecule has 0 amide bonds. The molecule has 2 unspecified atom stereocenters. The fraction of sp³-hybridized carbons (Fsp3) is 0.886. The monoisotopic (exact) mass is 580 g/mol. The predicted molar refractivity (Wildman–Crippen MR) is 168 cm³/mol. The molecular weight excluding hydrogens is 516 g/mol. The minimum absolute atomic E-state index is 0.122. The molecule has 6 nitrogen and oxygen atoms in total. The molecule has 3 atom stereocenters. The number of carbonyl (C=O) groups is 2. The average Bonchev–Trinajstić information content (AvgIpc) is 3.70. The van der Waals surface area contributed by atoms with Crippen LogP contribution in [0, 0.1) is 5.92 Å². The minimum atomic E-state index is -0.969. The first-order valence-corrected chi connectivity index (χ1v) is 17.2. The van der Waals surface area contributed by atoms with Crippen molar-refractivity contribution < 1.29 is 28.9 Å². The molecule has 0 aromatic rings. The Morgan fingerprint density at radius 2 is 1.24 bits per heavy atom. The SMILES string of the molecule is CCCCC/C=C\CC1OC1CCCCCCCC(=O)OC[C@@H](O)COC(=O)CCCCCCCCCCC(C)C. The van der Waals surface area contributed by atoms with E-state index >= 15 is 0 Å². The molecule has 1 heterocycles. The number of esters is 2. The number of unbranched alkanes of at least 4 members (excludes halogenated alkanes) is 14. The Bertz CT molecular complexity index is 661. The molecule has 6 heteroatoms. The van der Waals surface area contributed by atoms with E-state index in [4.69, 9.17) is 14.2 Å². The molecule has 1 rings (SSSR count). The van der Waals surface area contributed by atoms with Crippen LogP contribution < -0.4 is 0 Å². The first-order valence-electron chi connectivity index (χ1n) is 17.2. The van der Waals surface area contributed by atoms with Gasteiger partial charge in [0.2, 0.25) is 0 Å². The van der Waals surface area contributed by atoms with Crippen molar-refractivity contribution in [3.8, 4) is 0 Å². The molecule has 1 aliphatic heterocycles. The molecule has 0 bridgehead atoms. The van der Waals surface area contributed by atoms with E-state index in [1.165, 1.54) is 70.6 Å². The van der Waals surface area contributed by atoms with Gasteiger partial charge in [-0.25, -0.2) is 0 Å². The Balaban J connectivity index is 1.84. The molecule has 0 aliphatic carbocycles. The molecule has 0 saturated carbocycles. The van der Waals surface area contributed by atoms with E-state index in [2.05, 4.69) is 32.9 Å². The van der Waals surface area contributed by atoms with Gasteiger partial charge in [-0.15, -0.1) is 0 Å². The Hall–Kier alpha value is -1.40. The summed E-state index contributed by atoms with van der Waals surface area (Å²) in [5, 5.41) is 9.97. The van der Waals surface area contributed by atoms with E-state index in [9.17, 15) is 14.7 Å². The standard InChI is InChI=1S/C35H64O6/c1-4-5-6-7-14-19-24-32-33(41-32)25-20-15-12-17-22-27-35(38)40-29-31(36)28-39-34(37)26-21-16-11-9-8-10-13-18-23-30(2)3/h14,19,30-33,36H,4-13,15-18,20-29H2,1-3H3/b19-14-/t31-,32?,33?/m0/s1. The zero-order chi connectivity index (χ0) is 30.0. The third-order valence-electron chi connectivity index (χ3n) is 7.85. The van der Waals surface area contributed by atoms with Gasteiger partial charge in [0.05, 0.1) is 12.2 Å². The number of hydrogen-bond acceptors (Lipinski definition) is 6. The van der Waals surface area contributed by atoms with Crippen molar-refractivity contribution >= 4 is 11.9 Å². The summed E-state index contributed by atoms with van der Waals surface area (Å²) < 4.78 is 16.0. The summed E-state index contributed by atoms with van der Waals surface area (Å²) in [6, 6.07) is 0. The zero-order valence-corrected chi connectivity index (χ0v) is 26.9. The van der Waals surface area contributed by atoms with Crippen molar-refractivity contribution in [3.63, 3.8) is 0 Å². The molecule has 240 valence electrons. The topological polar surface area (TPSA) is 85.4 Å². The maximum atomic E-state index is 11.9. The number of ether oxygens (including phenoxy) is 3. The van der Waals surface area contributed by atoms with Gasteiger partial charge in [-0.3, -0.25) is 9.59 Å². The second kappa shape index (κ2) is 26.2. The predicted octanol–water partition coefficient (Wildman–Crippen LogP) is 9.02. The van der Waals surface area contributed by atoms with Crippen molar-refractivity contribution in [2.75, 3.05) is 13.2 Å². The Labute approximate surface area is 252 Å². The van der Waals surface area contributed by atoms with Crippen molar-refractivity contribution in [3.05, 3.63) is 12.2 Å². The summed E-state index contributed by atoms with van der Waals surface area (Å²) in [6.07, 6.45) is 28.6. The molecular formula is C35H64O6. The van der Waals surface area contributed by atoms with E-state index in [0.29, 0.717) is 25.0 Å². The van der Waals surface area contributed by atoms with E-state index in [0.717, 1.165) is 63.7 Å². The maximum absolute atomic E-state index is 11.9. The lowest BCUT2D eigenvalue weighted by molar-refractivity contribution is -0.152. The van der Waals surface area contributed by atoms with Crippen LogP contribution in [-0.2, 0) is 23.8 Å². The van der Waals surface area contributed by atoms with Gasteiger partial charge in [0.1, 0.15) is 19.3 Å². The van der Waals surface area contributed by atoms with Gasteiger partial charge in [0.25, 0.3) is 0 Å². The van der Waals surface area contributed by atoms with Gasteiger partial charge in [0.15, 0.2) is 0 Å².